The van der Waals surface area contributed by atoms with Crippen molar-refractivity contribution in [2.24, 2.45) is 0 Å². The van der Waals surface area contributed by atoms with Gasteiger partial charge in [0.15, 0.2) is 0 Å². The Morgan fingerprint density at radius 3 is 2.40 bits per heavy atom. The van der Waals surface area contributed by atoms with Crippen molar-refractivity contribution in [2.45, 2.75) is 19.8 Å². The monoisotopic (exact) mass is 344 g/mol. The van der Waals surface area contributed by atoms with Crippen LogP contribution in [-0.2, 0) is 6.42 Å². The maximum absolute atomic E-state index is 12.1. The minimum atomic E-state index is -0.452. The van der Waals surface area contributed by atoms with Gasteiger partial charge >= 0.3 is 5.69 Å². The first kappa shape index (κ1) is 17.1. The van der Waals surface area contributed by atoms with E-state index in [4.69, 9.17) is 4.74 Å². The Labute approximate surface area is 146 Å². The Morgan fingerprint density at radius 1 is 1.04 bits per heavy atom. The molecule has 25 heavy (non-hydrogen) atoms. The molecule has 1 aliphatic heterocycles. The summed E-state index contributed by atoms with van der Waals surface area (Å²) >= 11 is 0. The van der Waals surface area contributed by atoms with E-state index in [0.29, 0.717) is 17.8 Å². The Morgan fingerprint density at radius 2 is 1.72 bits per heavy atom. The van der Waals surface area contributed by atoms with Crippen LogP contribution in [0.15, 0.2) is 33.9 Å². The van der Waals surface area contributed by atoms with Crippen molar-refractivity contribution in [2.75, 3.05) is 43.1 Å². The predicted octanol–water partition coefficient (Wildman–Crippen LogP) is 1.35. The average molecular weight is 344 g/mol. The minimum absolute atomic E-state index is 0.284. The Balaban J connectivity index is 1.81. The second-order valence-corrected chi connectivity index (χ2v) is 6.13. The van der Waals surface area contributed by atoms with Crippen LogP contribution in [0.4, 0.5) is 11.5 Å². The van der Waals surface area contributed by atoms with Crippen molar-refractivity contribution in [3.8, 4) is 5.75 Å². The van der Waals surface area contributed by atoms with E-state index in [2.05, 4.69) is 19.8 Å². The topological polar surface area (TPSA) is 81.4 Å². The maximum atomic E-state index is 12.1. The molecule has 0 bridgehead atoms. The first-order valence-corrected chi connectivity index (χ1v) is 8.62. The summed E-state index contributed by atoms with van der Waals surface area (Å²) in [6.45, 7) is 5.07. The molecular weight excluding hydrogens is 320 g/mol. The third-order valence-corrected chi connectivity index (χ3v) is 4.54. The van der Waals surface area contributed by atoms with Gasteiger partial charge in [-0.15, -0.1) is 0 Å². The van der Waals surface area contributed by atoms with Crippen LogP contribution in [0, 0.1) is 0 Å². The van der Waals surface area contributed by atoms with Gasteiger partial charge in [0, 0.05) is 26.2 Å². The maximum Gasteiger partial charge on any atom is 0.327 e. The summed E-state index contributed by atoms with van der Waals surface area (Å²) in [6, 6.07) is 7.95. The number of H-pyrrole nitrogens is 2. The van der Waals surface area contributed by atoms with Crippen molar-refractivity contribution >= 4 is 11.5 Å². The number of aromatic nitrogens is 2. The number of para-hydroxylation sites is 2. The summed E-state index contributed by atoms with van der Waals surface area (Å²) in [4.78, 5) is 33.4. The lowest BCUT2D eigenvalue weighted by molar-refractivity contribution is 0.413. The number of benzene rings is 1. The Hall–Kier alpha value is -2.70. The Bertz CT molecular complexity index is 835. The third-order valence-electron chi connectivity index (χ3n) is 4.54. The van der Waals surface area contributed by atoms with Crippen molar-refractivity contribution in [1.82, 2.24) is 9.97 Å². The van der Waals surface area contributed by atoms with Crippen LogP contribution in [0.25, 0.3) is 0 Å². The number of methoxy groups -OCH3 is 1. The van der Waals surface area contributed by atoms with Gasteiger partial charge in [0.25, 0.3) is 5.56 Å². The van der Waals surface area contributed by atoms with Crippen molar-refractivity contribution in [1.29, 1.82) is 0 Å². The molecule has 3 rings (SSSR count). The molecule has 0 saturated carbocycles. The number of hydrogen-bond donors (Lipinski definition) is 2. The molecule has 1 aromatic carbocycles. The Kier molecular flexibility index (Phi) is 5.11. The van der Waals surface area contributed by atoms with Crippen molar-refractivity contribution in [3.63, 3.8) is 0 Å². The molecule has 134 valence electrons. The van der Waals surface area contributed by atoms with Gasteiger partial charge in [-0.05, 0) is 18.6 Å². The van der Waals surface area contributed by atoms with E-state index >= 15 is 0 Å². The third kappa shape index (κ3) is 3.55. The average Bonchev–Trinajstić information content (AvgIpc) is 2.64. The lowest BCUT2D eigenvalue weighted by Crippen LogP contribution is -2.48. The molecule has 1 aromatic heterocycles. The second-order valence-electron chi connectivity index (χ2n) is 6.13. The number of nitrogens with zero attached hydrogens (tertiary/aromatic N) is 2. The molecule has 7 heteroatoms. The summed E-state index contributed by atoms with van der Waals surface area (Å²) in [7, 11) is 1.67. The number of rotatable bonds is 5. The van der Waals surface area contributed by atoms with Crippen LogP contribution in [0.2, 0.25) is 0 Å². The molecule has 0 amide bonds. The summed E-state index contributed by atoms with van der Waals surface area (Å²) in [5.41, 5.74) is 0.991. The molecule has 0 unspecified atom stereocenters. The first-order chi connectivity index (χ1) is 12.1. The van der Waals surface area contributed by atoms with Crippen LogP contribution < -0.4 is 25.8 Å². The minimum Gasteiger partial charge on any atom is -0.495 e. The number of anilines is 2. The fraction of sp³-hybridized carbons (Fsp3) is 0.444. The van der Waals surface area contributed by atoms with E-state index in [1.807, 2.05) is 31.2 Å². The normalized spacial score (nSPS) is 14.6. The number of nitrogens with one attached hydrogen (secondary N) is 2. The predicted molar refractivity (Wildman–Crippen MR) is 99.1 cm³/mol. The van der Waals surface area contributed by atoms with Crippen molar-refractivity contribution < 1.29 is 4.74 Å². The van der Waals surface area contributed by atoms with E-state index in [1.165, 1.54) is 0 Å². The lowest BCUT2D eigenvalue weighted by atomic mass is 10.1. The van der Waals surface area contributed by atoms with Crippen LogP contribution >= 0.6 is 0 Å². The highest BCUT2D eigenvalue weighted by molar-refractivity contribution is 5.59. The summed E-state index contributed by atoms with van der Waals surface area (Å²) in [5, 5.41) is 0. The van der Waals surface area contributed by atoms with Gasteiger partial charge in [-0.2, -0.15) is 0 Å². The van der Waals surface area contributed by atoms with Crippen LogP contribution in [0.1, 0.15) is 18.9 Å². The number of hydrogen-bond acceptors (Lipinski definition) is 5. The zero-order chi connectivity index (χ0) is 17.8. The van der Waals surface area contributed by atoms with Gasteiger partial charge in [0.2, 0.25) is 0 Å². The molecule has 2 heterocycles. The highest BCUT2D eigenvalue weighted by Crippen LogP contribution is 2.29. The largest absolute Gasteiger partial charge is 0.495 e. The number of aromatic amines is 2. The summed E-state index contributed by atoms with van der Waals surface area (Å²) in [6.07, 6.45) is 1.50. The molecule has 0 atom stereocenters. The van der Waals surface area contributed by atoms with E-state index in [0.717, 1.165) is 44.0 Å². The van der Waals surface area contributed by atoms with Gasteiger partial charge in [-0.1, -0.05) is 25.5 Å². The summed E-state index contributed by atoms with van der Waals surface area (Å²) in [5.74, 6) is 1.52. The summed E-state index contributed by atoms with van der Waals surface area (Å²) < 4.78 is 5.44. The fourth-order valence-electron chi connectivity index (χ4n) is 3.31. The van der Waals surface area contributed by atoms with Gasteiger partial charge in [-0.3, -0.25) is 14.8 Å². The molecule has 1 saturated heterocycles. The van der Waals surface area contributed by atoms with Crippen LogP contribution in [-0.4, -0.2) is 43.3 Å². The van der Waals surface area contributed by atoms with Gasteiger partial charge in [-0.25, -0.2) is 4.79 Å². The number of ether oxygens (including phenoxy) is 1. The molecule has 0 spiro atoms. The van der Waals surface area contributed by atoms with Crippen LogP contribution in [0.3, 0.4) is 0 Å². The molecule has 1 aliphatic rings. The smallest absolute Gasteiger partial charge is 0.327 e. The van der Waals surface area contributed by atoms with E-state index in [9.17, 15) is 9.59 Å². The lowest BCUT2D eigenvalue weighted by Gasteiger charge is -2.38. The fourth-order valence-corrected chi connectivity index (χ4v) is 3.31. The molecule has 0 aliphatic carbocycles. The zero-order valence-corrected chi connectivity index (χ0v) is 14.7. The molecule has 2 N–H and O–H groups in total. The first-order valence-electron chi connectivity index (χ1n) is 8.62. The molecule has 0 radical (unpaired) electrons. The molecular formula is C18H24N4O3. The quantitative estimate of drug-likeness (QED) is 0.856. The van der Waals surface area contributed by atoms with Gasteiger partial charge in [0.1, 0.15) is 11.6 Å². The van der Waals surface area contributed by atoms with Gasteiger partial charge in [0.05, 0.1) is 18.4 Å². The van der Waals surface area contributed by atoms with E-state index in [1.54, 1.807) is 7.11 Å². The molecule has 7 nitrogen and oxygen atoms in total. The standard InChI is InChI=1S/C18H24N4O3/c1-3-6-13-16(19-18(24)20-17(13)23)22-11-9-21(10-12-22)14-7-4-5-8-15(14)25-2/h4-5,7-8H,3,6,9-12H2,1-2H3,(H2,19,20,23,24). The molecule has 2 aromatic rings. The second kappa shape index (κ2) is 7.46. The SMILES string of the molecule is CCCc1c(N2CCN(c3ccccc3OC)CC2)[nH]c(=O)[nH]c1=O. The van der Waals surface area contributed by atoms with Gasteiger partial charge < -0.3 is 14.5 Å². The van der Waals surface area contributed by atoms with Crippen molar-refractivity contribution in [3.05, 3.63) is 50.7 Å². The molecule has 1 fully saturated rings. The van der Waals surface area contributed by atoms with Crippen LogP contribution in [0.5, 0.6) is 5.75 Å². The zero-order valence-electron chi connectivity index (χ0n) is 14.7. The highest BCUT2D eigenvalue weighted by atomic mass is 16.5. The van der Waals surface area contributed by atoms with E-state index in [-0.39, 0.29) is 5.56 Å². The number of piperazine rings is 1. The highest BCUT2D eigenvalue weighted by Gasteiger charge is 2.23. The van der Waals surface area contributed by atoms with E-state index < -0.39 is 5.69 Å².